The zero-order valence-corrected chi connectivity index (χ0v) is 11.1. The van der Waals surface area contributed by atoms with Crippen molar-refractivity contribution in [3.8, 4) is 11.5 Å². The maximum atomic E-state index is 13.8. The first-order chi connectivity index (χ1) is 9.56. The summed E-state index contributed by atoms with van der Waals surface area (Å²) in [6.07, 6.45) is 0. The van der Waals surface area contributed by atoms with Gasteiger partial charge in [-0.05, 0) is 43.2 Å². The molecule has 0 saturated heterocycles. The minimum absolute atomic E-state index is 0.00699. The predicted molar refractivity (Wildman–Crippen MR) is 75.1 cm³/mol. The summed E-state index contributed by atoms with van der Waals surface area (Å²) in [7, 11) is 0. The first kappa shape index (κ1) is 12.5. The maximum absolute atomic E-state index is 13.8. The summed E-state index contributed by atoms with van der Waals surface area (Å²) in [6, 6.07) is 9.75. The fourth-order valence-corrected chi connectivity index (χ4v) is 2.28. The highest BCUT2D eigenvalue weighted by Gasteiger charge is 2.13. The van der Waals surface area contributed by atoms with Gasteiger partial charge in [0, 0.05) is 0 Å². The van der Waals surface area contributed by atoms with E-state index >= 15 is 0 Å². The molecule has 0 N–H and O–H groups in total. The van der Waals surface area contributed by atoms with Gasteiger partial charge in [-0.1, -0.05) is 18.2 Å². The second-order valence-electron chi connectivity index (χ2n) is 4.76. The lowest BCUT2D eigenvalue weighted by atomic mass is 10.1. The zero-order chi connectivity index (χ0) is 14.3. The summed E-state index contributed by atoms with van der Waals surface area (Å²) >= 11 is 0. The molecule has 0 bridgehead atoms. The molecule has 3 nitrogen and oxygen atoms in total. The van der Waals surface area contributed by atoms with Crippen LogP contribution < -0.4 is 5.63 Å². The van der Waals surface area contributed by atoms with Crippen LogP contribution in [0.5, 0.6) is 0 Å². The number of hydrogen-bond acceptors (Lipinski definition) is 3. The molecule has 1 aromatic heterocycles. The molecule has 2 aromatic carbocycles. The van der Waals surface area contributed by atoms with Crippen molar-refractivity contribution in [1.82, 2.24) is 4.98 Å². The predicted octanol–water partition coefficient (Wildman–Crippen LogP) is 3.61. The van der Waals surface area contributed by atoms with Gasteiger partial charge in [0.1, 0.15) is 5.82 Å². The standard InChI is InChI=1S/C16H12FNO2/c1-9-7-10(2)14-12(8-9)16(19)20-15(18-14)11-5-3-4-6-13(11)17/h3-8H,1-2H3. The summed E-state index contributed by atoms with van der Waals surface area (Å²) in [4.78, 5) is 16.4. The van der Waals surface area contributed by atoms with E-state index in [0.717, 1.165) is 11.1 Å². The van der Waals surface area contributed by atoms with Crippen molar-refractivity contribution in [1.29, 1.82) is 0 Å². The number of halogens is 1. The largest absolute Gasteiger partial charge is 0.403 e. The summed E-state index contributed by atoms with van der Waals surface area (Å²) < 4.78 is 18.9. The summed E-state index contributed by atoms with van der Waals surface area (Å²) in [5, 5.41) is 0.419. The highest BCUT2D eigenvalue weighted by Crippen LogP contribution is 2.23. The lowest BCUT2D eigenvalue weighted by Crippen LogP contribution is -2.05. The number of benzene rings is 2. The third-order valence-electron chi connectivity index (χ3n) is 3.17. The molecule has 100 valence electrons. The quantitative estimate of drug-likeness (QED) is 0.677. The van der Waals surface area contributed by atoms with E-state index in [0.29, 0.717) is 10.9 Å². The number of nitrogens with zero attached hydrogens (tertiary/aromatic N) is 1. The van der Waals surface area contributed by atoms with Crippen LogP contribution >= 0.6 is 0 Å². The van der Waals surface area contributed by atoms with E-state index in [1.54, 1.807) is 18.2 Å². The molecule has 0 unspecified atom stereocenters. The molecule has 0 aliphatic heterocycles. The monoisotopic (exact) mass is 269 g/mol. The van der Waals surface area contributed by atoms with Crippen molar-refractivity contribution < 1.29 is 8.81 Å². The van der Waals surface area contributed by atoms with Gasteiger partial charge in [0.25, 0.3) is 0 Å². The number of aryl methyl sites for hydroxylation is 2. The molecule has 4 heteroatoms. The Morgan fingerprint density at radius 1 is 1.15 bits per heavy atom. The molecular formula is C16H12FNO2. The van der Waals surface area contributed by atoms with Crippen molar-refractivity contribution in [3.05, 3.63) is 63.8 Å². The van der Waals surface area contributed by atoms with Crippen LogP contribution in [0.1, 0.15) is 11.1 Å². The lowest BCUT2D eigenvalue weighted by Gasteiger charge is -2.05. The summed E-state index contributed by atoms with van der Waals surface area (Å²) in [5.41, 5.74) is 2.06. The van der Waals surface area contributed by atoms with Gasteiger partial charge >= 0.3 is 5.63 Å². The summed E-state index contributed by atoms with van der Waals surface area (Å²) in [6.45, 7) is 3.77. The third-order valence-corrected chi connectivity index (χ3v) is 3.17. The molecule has 0 fully saturated rings. The molecule has 20 heavy (non-hydrogen) atoms. The van der Waals surface area contributed by atoms with E-state index in [4.69, 9.17) is 4.42 Å². The van der Waals surface area contributed by atoms with E-state index < -0.39 is 11.4 Å². The molecule has 0 aliphatic rings. The highest BCUT2D eigenvalue weighted by molar-refractivity contribution is 5.82. The van der Waals surface area contributed by atoms with E-state index in [9.17, 15) is 9.18 Å². The SMILES string of the molecule is Cc1cc(C)c2nc(-c3ccccc3F)oc(=O)c2c1. The van der Waals surface area contributed by atoms with Crippen molar-refractivity contribution in [3.63, 3.8) is 0 Å². The number of hydrogen-bond donors (Lipinski definition) is 0. The van der Waals surface area contributed by atoms with E-state index in [1.165, 1.54) is 12.1 Å². The average Bonchev–Trinajstić information content (AvgIpc) is 2.40. The van der Waals surface area contributed by atoms with Crippen LogP contribution in [0.25, 0.3) is 22.4 Å². The smallest absolute Gasteiger partial charge is 0.347 e. The molecule has 0 aliphatic carbocycles. The van der Waals surface area contributed by atoms with E-state index in [1.807, 2.05) is 19.9 Å². The van der Waals surface area contributed by atoms with Gasteiger partial charge in [0.2, 0.25) is 5.89 Å². The van der Waals surface area contributed by atoms with E-state index in [-0.39, 0.29) is 11.5 Å². The van der Waals surface area contributed by atoms with E-state index in [2.05, 4.69) is 4.98 Å². The van der Waals surface area contributed by atoms with Gasteiger partial charge in [-0.15, -0.1) is 0 Å². The Hall–Kier alpha value is -2.49. The van der Waals surface area contributed by atoms with Crippen LogP contribution in [-0.4, -0.2) is 4.98 Å². The Labute approximate surface area is 114 Å². The Morgan fingerprint density at radius 3 is 2.65 bits per heavy atom. The van der Waals surface area contributed by atoms with Crippen LogP contribution in [0.3, 0.4) is 0 Å². The van der Waals surface area contributed by atoms with Crippen LogP contribution in [0, 0.1) is 19.7 Å². The van der Waals surface area contributed by atoms with Gasteiger partial charge in [-0.3, -0.25) is 0 Å². The first-order valence-electron chi connectivity index (χ1n) is 6.23. The number of fused-ring (bicyclic) bond motifs is 1. The van der Waals surface area contributed by atoms with Crippen molar-refractivity contribution in [2.24, 2.45) is 0 Å². The minimum atomic E-state index is -0.500. The van der Waals surface area contributed by atoms with Gasteiger partial charge in [0.05, 0.1) is 16.5 Å². The maximum Gasteiger partial charge on any atom is 0.347 e. The molecule has 3 aromatic rings. The first-order valence-corrected chi connectivity index (χ1v) is 6.23. The van der Waals surface area contributed by atoms with Gasteiger partial charge < -0.3 is 4.42 Å². The second kappa shape index (κ2) is 4.56. The second-order valence-corrected chi connectivity index (χ2v) is 4.76. The van der Waals surface area contributed by atoms with Crippen molar-refractivity contribution in [2.45, 2.75) is 13.8 Å². The Bertz CT molecular complexity index is 868. The zero-order valence-electron chi connectivity index (χ0n) is 11.1. The molecule has 0 amide bonds. The Morgan fingerprint density at radius 2 is 1.90 bits per heavy atom. The normalized spacial score (nSPS) is 10.9. The average molecular weight is 269 g/mol. The lowest BCUT2D eigenvalue weighted by molar-refractivity contribution is 0.511. The van der Waals surface area contributed by atoms with Gasteiger partial charge in [-0.25, -0.2) is 14.2 Å². The van der Waals surface area contributed by atoms with Crippen LogP contribution in [0.4, 0.5) is 4.39 Å². The molecule has 1 heterocycles. The van der Waals surface area contributed by atoms with Crippen LogP contribution in [0.2, 0.25) is 0 Å². The molecule has 0 saturated carbocycles. The molecule has 0 radical (unpaired) electrons. The molecule has 0 atom stereocenters. The fraction of sp³-hybridized carbons (Fsp3) is 0.125. The summed E-state index contributed by atoms with van der Waals surface area (Å²) in [5.74, 6) is -0.459. The van der Waals surface area contributed by atoms with Crippen LogP contribution in [-0.2, 0) is 0 Å². The molecular weight excluding hydrogens is 257 g/mol. The van der Waals surface area contributed by atoms with Gasteiger partial charge in [0.15, 0.2) is 0 Å². The number of rotatable bonds is 1. The van der Waals surface area contributed by atoms with Crippen molar-refractivity contribution in [2.75, 3.05) is 0 Å². The molecule has 0 spiro atoms. The minimum Gasteiger partial charge on any atom is -0.403 e. The van der Waals surface area contributed by atoms with Crippen molar-refractivity contribution >= 4 is 10.9 Å². The van der Waals surface area contributed by atoms with Gasteiger partial charge in [-0.2, -0.15) is 0 Å². The molecule has 3 rings (SSSR count). The Kier molecular flexibility index (Phi) is 2.86. The van der Waals surface area contributed by atoms with Crippen LogP contribution in [0.15, 0.2) is 45.6 Å². The number of aromatic nitrogens is 1. The highest BCUT2D eigenvalue weighted by atomic mass is 19.1. The third kappa shape index (κ3) is 1.99. The Balaban J connectivity index is 2.36. The fourth-order valence-electron chi connectivity index (χ4n) is 2.28. The topological polar surface area (TPSA) is 43.1 Å².